The van der Waals surface area contributed by atoms with Crippen molar-refractivity contribution < 1.29 is 8.91 Å². The number of halogens is 1. The molecular formula is C14H10FN3O. The van der Waals surface area contributed by atoms with Gasteiger partial charge in [0.15, 0.2) is 0 Å². The molecule has 0 aliphatic rings. The lowest BCUT2D eigenvalue weighted by atomic mass is 10.1. The molecule has 2 aromatic heterocycles. The van der Waals surface area contributed by atoms with Crippen LogP contribution in [0.1, 0.15) is 5.56 Å². The fourth-order valence-electron chi connectivity index (χ4n) is 1.73. The van der Waals surface area contributed by atoms with Crippen molar-refractivity contribution in [2.75, 3.05) is 0 Å². The van der Waals surface area contributed by atoms with E-state index < -0.39 is 0 Å². The summed E-state index contributed by atoms with van der Waals surface area (Å²) in [5.74, 6) is 0.111. The van der Waals surface area contributed by atoms with Crippen LogP contribution in [0.5, 0.6) is 0 Å². The van der Waals surface area contributed by atoms with E-state index in [0.29, 0.717) is 17.1 Å². The number of nitrogens with zero attached hydrogens (tertiary/aromatic N) is 3. The SMILES string of the molecule is Cc1ccc(F)c(-c2nc(-c3ccccn3)no2)c1. The maximum absolute atomic E-state index is 13.7. The van der Waals surface area contributed by atoms with Gasteiger partial charge in [-0.1, -0.05) is 22.9 Å². The highest BCUT2D eigenvalue weighted by Crippen LogP contribution is 2.24. The Morgan fingerprint density at radius 1 is 1.16 bits per heavy atom. The Hall–Kier alpha value is -2.56. The maximum Gasteiger partial charge on any atom is 0.261 e. The first kappa shape index (κ1) is 11.5. The monoisotopic (exact) mass is 255 g/mol. The predicted octanol–water partition coefficient (Wildman–Crippen LogP) is 3.25. The summed E-state index contributed by atoms with van der Waals surface area (Å²) in [6.45, 7) is 1.87. The summed E-state index contributed by atoms with van der Waals surface area (Å²) in [5, 5.41) is 3.82. The van der Waals surface area contributed by atoms with Crippen molar-refractivity contribution in [1.82, 2.24) is 15.1 Å². The molecule has 1 aromatic carbocycles. The predicted molar refractivity (Wildman–Crippen MR) is 67.7 cm³/mol. The van der Waals surface area contributed by atoms with E-state index in [0.717, 1.165) is 5.56 Å². The van der Waals surface area contributed by atoms with E-state index in [9.17, 15) is 4.39 Å². The first-order valence-electron chi connectivity index (χ1n) is 5.76. The van der Waals surface area contributed by atoms with Crippen molar-refractivity contribution in [2.24, 2.45) is 0 Å². The van der Waals surface area contributed by atoms with Crippen LogP contribution in [0.25, 0.3) is 23.0 Å². The largest absolute Gasteiger partial charge is 0.333 e. The molecule has 3 rings (SSSR count). The van der Waals surface area contributed by atoms with Crippen LogP contribution in [0.3, 0.4) is 0 Å². The number of aromatic nitrogens is 3. The molecule has 0 N–H and O–H groups in total. The third-order valence-electron chi connectivity index (χ3n) is 2.67. The zero-order valence-corrected chi connectivity index (χ0v) is 10.2. The zero-order chi connectivity index (χ0) is 13.2. The Balaban J connectivity index is 2.04. The highest BCUT2D eigenvalue weighted by Gasteiger charge is 2.14. The number of pyridine rings is 1. The lowest BCUT2D eigenvalue weighted by Gasteiger charge is -1.98. The average Bonchev–Trinajstić information content (AvgIpc) is 2.92. The second kappa shape index (κ2) is 4.61. The highest BCUT2D eigenvalue weighted by atomic mass is 19.1. The Morgan fingerprint density at radius 3 is 2.84 bits per heavy atom. The topological polar surface area (TPSA) is 51.8 Å². The molecule has 0 aliphatic heterocycles. The van der Waals surface area contributed by atoms with E-state index in [4.69, 9.17) is 4.52 Å². The zero-order valence-electron chi connectivity index (χ0n) is 10.2. The van der Waals surface area contributed by atoms with Crippen molar-refractivity contribution >= 4 is 0 Å². The Bertz CT molecular complexity index is 710. The minimum Gasteiger partial charge on any atom is -0.333 e. The third kappa shape index (κ3) is 2.22. The number of hydrogen-bond acceptors (Lipinski definition) is 4. The average molecular weight is 255 g/mol. The smallest absolute Gasteiger partial charge is 0.261 e. The van der Waals surface area contributed by atoms with Gasteiger partial charge in [-0.25, -0.2) is 4.39 Å². The first-order chi connectivity index (χ1) is 9.24. The second-order valence-corrected chi connectivity index (χ2v) is 4.12. The van der Waals surface area contributed by atoms with Crippen LogP contribution in [0.2, 0.25) is 0 Å². The van der Waals surface area contributed by atoms with Crippen LogP contribution in [0.15, 0.2) is 47.1 Å². The summed E-state index contributed by atoms with van der Waals surface area (Å²) < 4.78 is 18.8. The number of rotatable bonds is 2. The Labute approximate surface area is 108 Å². The van der Waals surface area contributed by atoms with Crippen molar-refractivity contribution in [3.63, 3.8) is 0 Å². The molecule has 0 unspecified atom stereocenters. The van der Waals surface area contributed by atoms with E-state index in [1.807, 2.05) is 13.0 Å². The normalized spacial score (nSPS) is 10.6. The first-order valence-corrected chi connectivity index (χ1v) is 5.76. The van der Waals surface area contributed by atoms with Crippen molar-refractivity contribution in [2.45, 2.75) is 6.92 Å². The molecule has 0 radical (unpaired) electrons. The third-order valence-corrected chi connectivity index (χ3v) is 2.67. The molecule has 0 saturated carbocycles. The Kier molecular flexibility index (Phi) is 2.79. The molecule has 0 bridgehead atoms. The lowest BCUT2D eigenvalue weighted by Crippen LogP contribution is -1.87. The molecule has 0 atom stereocenters. The van der Waals surface area contributed by atoms with Gasteiger partial charge < -0.3 is 4.52 Å². The molecule has 0 amide bonds. The molecule has 19 heavy (non-hydrogen) atoms. The Morgan fingerprint density at radius 2 is 2.05 bits per heavy atom. The molecule has 4 nitrogen and oxygen atoms in total. The molecule has 0 aliphatic carbocycles. The van der Waals surface area contributed by atoms with Crippen molar-refractivity contribution in [3.05, 3.63) is 54.0 Å². The van der Waals surface area contributed by atoms with E-state index in [-0.39, 0.29) is 11.7 Å². The summed E-state index contributed by atoms with van der Waals surface area (Å²) in [7, 11) is 0. The van der Waals surface area contributed by atoms with Gasteiger partial charge in [0.25, 0.3) is 5.89 Å². The fraction of sp³-hybridized carbons (Fsp3) is 0.0714. The van der Waals surface area contributed by atoms with E-state index >= 15 is 0 Å². The molecule has 0 saturated heterocycles. The summed E-state index contributed by atoms with van der Waals surface area (Å²) >= 11 is 0. The van der Waals surface area contributed by atoms with Gasteiger partial charge in [-0.2, -0.15) is 4.98 Å². The molecule has 94 valence electrons. The molecule has 0 spiro atoms. The number of hydrogen-bond donors (Lipinski definition) is 0. The van der Waals surface area contributed by atoms with Gasteiger partial charge >= 0.3 is 0 Å². The van der Waals surface area contributed by atoms with Gasteiger partial charge in [0.1, 0.15) is 11.5 Å². The van der Waals surface area contributed by atoms with Crippen LogP contribution in [-0.4, -0.2) is 15.1 Å². The maximum atomic E-state index is 13.7. The summed E-state index contributed by atoms with van der Waals surface area (Å²) in [4.78, 5) is 8.29. The number of aryl methyl sites for hydroxylation is 1. The van der Waals surface area contributed by atoms with Gasteiger partial charge in [0.05, 0.1) is 5.56 Å². The fourth-order valence-corrected chi connectivity index (χ4v) is 1.73. The molecule has 3 aromatic rings. The van der Waals surface area contributed by atoms with E-state index in [1.165, 1.54) is 6.07 Å². The molecular weight excluding hydrogens is 245 g/mol. The van der Waals surface area contributed by atoms with E-state index in [2.05, 4.69) is 15.1 Å². The molecule has 2 heterocycles. The number of benzene rings is 1. The minimum absolute atomic E-state index is 0.154. The van der Waals surface area contributed by atoms with Gasteiger partial charge in [-0.05, 0) is 31.2 Å². The van der Waals surface area contributed by atoms with Crippen LogP contribution in [0.4, 0.5) is 4.39 Å². The molecule has 0 fully saturated rings. The highest BCUT2D eigenvalue weighted by molar-refractivity contribution is 5.58. The minimum atomic E-state index is -0.387. The quantitative estimate of drug-likeness (QED) is 0.705. The standard InChI is InChI=1S/C14H10FN3O/c1-9-5-6-11(15)10(8-9)14-17-13(18-19-14)12-4-2-3-7-16-12/h2-8H,1H3. The van der Waals surface area contributed by atoms with Crippen molar-refractivity contribution in [1.29, 1.82) is 0 Å². The van der Waals surface area contributed by atoms with Crippen LogP contribution in [-0.2, 0) is 0 Å². The van der Waals surface area contributed by atoms with Crippen molar-refractivity contribution in [3.8, 4) is 23.0 Å². The molecule has 5 heteroatoms. The van der Waals surface area contributed by atoms with Gasteiger partial charge in [0.2, 0.25) is 5.82 Å². The summed E-state index contributed by atoms with van der Waals surface area (Å²) in [6, 6.07) is 10.1. The van der Waals surface area contributed by atoms with E-state index in [1.54, 1.807) is 30.5 Å². The lowest BCUT2D eigenvalue weighted by molar-refractivity contribution is 0.429. The van der Waals surface area contributed by atoms with Crippen LogP contribution < -0.4 is 0 Å². The van der Waals surface area contributed by atoms with Gasteiger partial charge in [0, 0.05) is 6.20 Å². The second-order valence-electron chi connectivity index (χ2n) is 4.12. The van der Waals surface area contributed by atoms with Crippen LogP contribution in [0, 0.1) is 12.7 Å². The van der Waals surface area contributed by atoms with Gasteiger partial charge in [-0.15, -0.1) is 0 Å². The summed E-state index contributed by atoms with van der Waals surface area (Å²) in [6.07, 6.45) is 1.64. The van der Waals surface area contributed by atoms with Crippen LogP contribution >= 0.6 is 0 Å². The summed E-state index contributed by atoms with van der Waals surface area (Å²) in [5.41, 5.74) is 1.81. The van der Waals surface area contributed by atoms with Gasteiger partial charge in [-0.3, -0.25) is 4.98 Å².